The Labute approximate surface area is 133 Å². The first-order chi connectivity index (χ1) is 11.1. The van der Waals surface area contributed by atoms with Gasteiger partial charge in [-0.1, -0.05) is 48.5 Å². The highest BCUT2D eigenvalue weighted by atomic mass is 16.2. The summed E-state index contributed by atoms with van der Waals surface area (Å²) >= 11 is 0. The van der Waals surface area contributed by atoms with Crippen LogP contribution >= 0.6 is 0 Å². The average molecular weight is 305 g/mol. The Hall–Kier alpha value is -2.95. The summed E-state index contributed by atoms with van der Waals surface area (Å²) in [7, 11) is 0. The monoisotopic (exact) mass is 305 g/mol. The Morgan fingerprint density at radius 1 is 1.13 bits per heavy atom. The van der Waals surface area contributed by atoms with Crippen LogP contribution < -0.4 is 5.32 Å². The number of benzene rings is 2. The number of hydrogen-bond donors (Lipinski definition) is 1. The molecule has 0 radical (unpaired) electrons. The van der Waals surface area contributed by atoms with Gasteiger partial charge in [-0.05, 0) is 11.6 Å². The molecule has 5 heteroatoms. The van der Waals surface area contributed by atoms with E-state index in [1.807, 2.05) is 54.6 Å². The van der Waals surface area contributed by atoms with Gasteiger partial charge in [-0.2, -0.15) is 5.10 Å². The van der Waals surface area contributed by atoms with Crippen LogP contribution in [0.25, 0.3) is 0 Å². The van der Waals surface area contributed by atoms with Crippen LogP contribution in [0.4, 0.5) is 5.69 Å². The van der Waals surface area contributed by atoms with Crippen molar-refractivity contribution in [1.29, 1.82) is 0 Å². The number of anilines is 1. The fourth-order valence-corrected chi connectivity index (χ4v) is 3.37. The van der Waals surface area contributed by atoms with E-state index in [0.29, 0.717) is 6.42 Å². The third-order valence-corrected chi connectivity index (χ3v) is 4.41. The minimum atomic E-state index is -1.08. The number of nitrogens with zero attached hydrogens (tertiary/aromatic N) is 2. The van der Waals surface area contributed by atoms with Gasteiger partial charge in [-0.25, -0.2) is 5.01 Å². The maximum absolute atomic E-state index is 12.8. The van der Waals surface area contributed by atoms with Gasteiger partial charge < -0.3 is 5.32 Å². The minimum Gasteiger partial charge on any atom is -0.323 e. The molecule has 1 unspecified atom stereocenters. The molecule has 0 saturated heterocycles. The highest BCUT2D eigenvalue weighted by Crippen LogP contribution is 2.47. The number of hydrazone groups is 1. The van der Waals surface area contributed by atoms with Crippen molar-refractivity contribution in [3.63, 3.8) is 0 Å². The number of amides is 2. The quantitative estimate of drug-likeness (QED) is 0.880. The van der Waals surface area contributed by atoms with Crippen molar-refractivity contribution in [2.24, 2.45) is 5.10 Å². The molecule has 2 aliphatic heterocycles. The summed E-state index contributed by atoms with van der Waals surface area (Å²) in [4.78, 5) is 24.9. The summed E-state index contributed by atoms with van der Waals surface area (Å²) < 4.78 is 0. The molecule has 23 heavy (non-hydrogen) atoms. The predicted molar refractivity (Wildman–Crippen MR) is 86.9 cm³/mol. The molecular formula is C18H15N3O2. The summed E-state index contributed by atoms with van der Waals surface area (Å²) in [5, 5.41) is 8.69. The lowest BCUT2D eigenvalue weighted by atomic mass is 9.85. The first kappa shape index (κ1) is 13.7. The van der Waals surface area contributed by atoms with Gasteiger partial charge >= 0.3 is 0 Å². The van der Waals surface area contributed by atoms with E-state index in [1.54, 1.807) is 0 Å². The largest absolute Gasteiger partial charge is 0.323 e. The van der Waals surface area contributed by atoms with Gasteiger partial charge in [0.1, 0.15) is 0 Å². The second-order valence-corrected chi connectivity index (χ2v) is 5.78. The molecule has 0 aliphatic carbocycles. The highest BCUT2D eigenvalue weighted by Gasteiger charge is 2.56. The first-order valence-corrected chi connectivity index (χ1v) is 7.47. The molecule has 0 saturated carbocycles. The zero-order valence-corrected chi connectivity index (χ0v) is 12.6. The smallest absolute Gasteiger partial charge is 0.257 e. The molecule has 2 aliphatic rings. The Morgan fingerprint density at radius 3 is 2.57 bits per heavy atom. The fourth-order valence-electron chi connectivity index (χ4n) is 3.37. The SMILES string of the molecule is CC(=O)N1N=C(c2ccccc2)CC12C(=O)Nc1ccccc12. The average Bonchev–Trinajstić information content (AvgIpc) is 3.10. The Bertz CT molecular complexity index is 844. The van der Waals surface area contributed by atoms with Crippen molar-refractivity contribution in [2.75, 3.05) is 5.32 Å². The first-order valence-electron chi connectivity index (χ1n) is 7.47. The van der Waals surface area contributed by atoms with Gasteiger partial charge in [0.05, 0.1) is 5.71 Å². The number of hydrogen-bond acceptors (Lipinski definition) is 3. The molecule has 2 aromatic carbocycles. The molecule has 2 aromatic rings. The Morgan fingerprint density at radius 2 is 1.83 bits per heavy atom. The molecule has 114 valence electrons. The Kier molecular flexibility index (Phi) is 2.84. The van der Waals surface area contributed by atoms with Crippen molar-refractivity contribution in [1.82, 2.24) is 5.01 Å². The topological polar surface area (TPSA) is 61.8 Å². The van der Waals surface area contributed by atoms with E-state index in [9.17, 15) is 9.59 Å². The van der Waals surface area contributed by atoms with Crippen LogP contribution in [0.15, 0.2) is 59.7 Å². The van der Waals surface area contributed by atoms with E-state index in [2.05, 4.69) is 10.4 Å². The molecule has 5 nitrogen and oxygen atoms in total. The lowest BCUT2D eigenvalue weighted by Crippen LogP contribution is -2.47. The normalized spacial score (nSPS) is 22.0. The van der Waals surface area contributed by atoms with Crippen LogP contribution in [0.3, 0.4) is 0 Å². The summed E-state index contributed by atoms with van der Waals surface area (Å²) in [5.41, 5.74) is 2.14. The summed E-state index contributed by atoms with van der Waals surface area (Å²) in [6, 6.07) is 17.1. The van der Waals surface area contributed by atoms with E-state index in [4.69, 9.17) is 0 Å². The number of carbonyl (C=O) groups excluding carboxylic acids is 2. The second-order valence-electron chi connectivity index (χ2n) is 5.78. The lowest BCUT2D eigenvalue weighted by molar-refractivity contribution is -0.142. The standard InChI is InChI=1S/C18H15N3O2/c1-12(22)21-18(11-16(20-21)13-7-3-2-4-8-13)14-9-5-6-10-15(14)19-17(18)23/h2-10H,11H2,1H3,(H,19,23). The van der Waals surface area contributed by atoms with Crippen LogP contribution in [0.5, 0.6) is 0 Å². The third kappa shape index (κ3) is 1.83. The summed E-state index contributed by atoms with van der Waals surface area (Å²) in [6.45, 7) is 1.44. The van der Waals surface area contributed by atoms with Crippen molar-refractivity contribution >= 4 is 23.2 Å². The molecule has 1 spiro atoms. The van der Waals surface area contributed by atoms with Gasteiger partial charge in [0.15, 0.2) is 5.54 Å². The van der Waals surface area contributed by atoms with Crippen LogP contribution in [0.2, 0.25) is 0 Å². The minimum absolute atomic E-state index is 0.205. The molecule has 0 fully saturated rings. The van der Waals surface area contributed by atoms with Crippen LogP contribution in [0, 0.1) is 0 Å². The van der Waals surface area contributed by atoms with E-state index >= 15 is 0 Å². The number of fused-ring (bicyclic) bond motifs is 2. The second kappa shape index (κ2) is 4.78. The number of nitrogens with one attached hydrogen (secondary N) is 1. The van der Waals surface area contributed by atoms with Crippen LogP contribution in [-0.4, -0.2) is 22.5 Å². The van der Waals surface area contributed by atoms with E-state index < -0.39 is 5.54 Å². The molecule has 1 atom stereocenters. The Balaban J connectivity index is 1.87. The maximum Gasteiger partial charge on any atom is 0.257 e. The van der Waals surface area contributed by atoms with Gasteiger partial charge in [-0.3, -0.25) is 9.59 Å². The number of rotatable bonds is 1. The van der Waals surface area contributed by atoms with Gasteiger partial charge in [-0.15, -0.1) is 0 Å². The summed E-state index contributed by atoms with van der Waals surface area (Å²) in [5.74, 6) is -0.452. The van der Waals surface area contributed by atoms with Gasteiger partial charge in [0.25, 0.3) is 5.91 Å². The van der Waals surface area contributed by atoms with Crippen molar-refractivity contribution < 1.29 is 9.59 Å². The van der Waals surface area contributed by atoms with Crippen LogP contribution in [0.1, 0.15) is 24.5 Å². The molecule has 4 rings (SSSR count). The van der Waals surface area contributed by atoms with E-state index in [0.717, 1.165) is 22.5 Å². The van der Waals surface area contributed by atoms with E-state index in [1.165, 1.54) is 11.9 Å². The van der Waals surface area contributed by atoms with Gasteiger partial charge in [0.2, 0.25) is 5.91 Å². The van der Waals surface area contributed by atoms with Gasteiger partial charge in [0, 0.05) is 24.6 Å². The van der Waals surface area contributed by atoms with Crippen molar-refractivity contribution in [2.45, 2.75) is 18.9 Å². The fraction of sp³-hybridized carbons (Fsp3) is 0.167. The van der Waals surface area contributed by atoms with Crippen molar-refractivity contribution in [3.8, 4) is 0 Å². The molecule has 1 N–H and O–H groups in total. The molecule has 2 amide bonds. The number of para-hydroxylation sites is 1. The molecule has 0 bridgehead atoms. The zero-order valence-electron chi connectivity index (χ0n) is 12.6. The highest BCUT2D eigenvalue weighted by molar-refractivity contribution is 6.14. The van der Waals surface area contributed by atoms with Crippen LogP contribution in [-0.2, 0) is 15.1 Å². The molecule has 2 heterocycles. The maximum atomic E-state index is 12.8. The predicted octanol–water partition coefficient (Wildman–Crippen LogP) is 2.49. The van der Waals surface area contributed by atoms with Crippen molar-refractivity contribution in [3.05, 3.63) is 65.7 Å². The third-order valence-electron chi connectivity index (χ3n) is 4.41. The van der Waals surface area contributed by atoms with E-state index in [-0.39, 0.29) is 11.8 Å². The molecule has 0 aromatic heterocycles. The number of carbonyl (C=O) groups is 2. The molecular weight excluding hydrogens is 290 g/mol. The zero-order chi connectivity index (χ0) is 16.0. The summed E-state index contributed by atoms with van der Waals surface area (Å²) in [6.07, 6.45) is 0.374. The lowest BCUT2D eigenvalue weighted by Gasteiger charge is -2.29.